The van der Waals surface area contributed by atoms with Crippen LogP contribution in [-0.2, 0) is 11.2 Å². The maximum absolute atomic E-state index is 11.8. The number of aryl methyl sites for hydroxylation is 1. The number of piperidine rings is 1. The molecule has 2 heterocycles. The highest BCUT2D eigenvalue weighted by Crippen LogP contribution is 2.04. The van der Waals surface area contributed by atoms with E-state index in [1.54, 1.807) is 0 Å². The molecule has 1 aliphatic rings. The van der Waals surface area contributed by atoms with Crippen LogP contribution in [0.5, 0.6) is 0 Å². The van der Waals surface area contributed by atoms with Crippen LogP contribution in [-0.4, -0.2) is 39.6 Å². The summed E-state index contributed by atoms with van der Waals surface area (Å²) in [5.41, 5.74) is 0. The van der Waals surface area contributed by atoms with Crippen molar-refractivity contribution >= 4 is 11.8 Å². The first-order valence-electron chi connectivity index (χ1n) is 6.20. The lowest BCUT2D eigenvalue weighted by Gasteiger charge is -2.21. The quantitative estimate of drug-likeness (QED) is 0.688. The Morgan fingerprint density at radius 2 is 2.39 bits per heavy atom. The summed E-state index contributed by atoms with van der Waals surface area (Å²) < 4.78 is 0. The van der Waals surface area contributed by atoms with E-state index in [-0.39, 0.29) is 11.7 Å². The number of hydrogen-bond acceptors (Lipinski definition) is 4. The Balaban J connectivity index is 1.95. The lowest BCUT2D eigenvalue weighted by molar-refractivity contribution is -0.124. The van der Waals surface area contributed by atoms with Crippen molar-refractivity contribution in [3.05, 3.63) is 11.6 Å². The van der Waals surface area contributed by atoms with Crippen molar-refractivity contribution in [3.8, 4) is 0 Å². The Morgan fingerprint density at radius 1 is 1.56 bits per heavy atom. The maximum atomic E-state index is 11.8. The predicted molar refractivity (Wildman–Crippen MR) is 63.9 cm³/mol. The maximum Gasteiger partial charge on any atom is 0.291 e. The smallest absolute Gasteiger partial charge is 0.291 e. The third kappa shape index (κ3) is 2.85. The van der Waals surface area contributed by atoms with Crippen molar-refractivity contribution in [3.63, 3.8) is 0 Å². The van der Waals surface area contributed by atoms with Crippen LogP contribution in [0.4, 0.5) is 0 Å². The predicted octanol–water partition coefficient (Wildman–Crippen LogP) is -0.234. The molecule has 18 heavy (non-hydrogen) atoms. The van der Waals surface area contributed by atoms with Crippen LogP contribution in [0.15, 0.2) is 0 Å². The Bertz CT molecular complexity index is 442. The van der Waals surface area contributed by atoms with Gasteiger partial charge in [-0.2, -0.15) is 0 Å². The Kier molecular flexibility index (Phi) is 3.91. The monoisotopic (exact) mass is 251 g/mol. The Hall–Kier alpha value is -1.92. The number of H-pyrrole nitrogens is 1. The Labute approximate surface area is 105 Å². The van der Waals surface area contributed by atoms with E-state index in [1.807, 2.05) is 6.92 Å². The molecule has 0 aromatic carbocycles. The molecule has 7 nitrogen and oxygen atoms in total. The summed E-state index contributed by atoms with van der Waals surface area (Å²) in [6.45, 7) is 2.70. The highest BCUT2D eigenvalue weighted by atomic mass is 16.2. The SMILES string of the molecule is CCCc1nc(C(=O)NC2CCCNC2=O)n[nH]1. The molecule has 0 aliphatic carbocycles. The molecule has 1 fully saturated rings. The number of nitrogens with one attached hydrogen (secondary N) is 3. The van der Waals surface area contributed by atoms with Crippen molar-refractivity contribution in [2.24, 2.45) is 0 Å². The number of aromatic nitrogens is 3. The van der Waals surface area contributed by atoms with Gasteiger partial charge < -0.3 is 10.6 Å². The summed E-state index contributed by atoms with van der Waals surface area (Å²) in [7, 11) is 0. The molecule has 1 aliphatic heterocycles. The van der Waals surface area contributed by atoms with Gasteiger partial charge in [-0.3, -0.25) is 14.7 Å². The van der Waals surface area contributed by atoms with E-state index in [1.165, 1.54) is 0 Å². The molecule has 98 valence electrons. The van der Waals surface area contributed by atoms with Crippen molar-refractivity contribution in [1.82, 2.24) is 25.8 Å². The van der Waals surface area contributed by atoms with Gasteiger partial charge in [-0.05, 0) is 19.3 Å². The lowest BCUT2D eigenvalue weighted by atomic mass is 10.1. The molecular weight excluding hydrogens is 234 g/mol. The van der Waals surface area contributed by atoms with Crippen LogP contribution in [0.1, 0.15) is 42.6 Å². The third-order valence-corrected chi connectivity index (χ3v) is 2.81. The molecule has 2 rings (SSSR count). The van der Waals surface area contributed by atoms with Crippen molar-refractivity contribution in [2.45, 2.75) is 38.6 Å². The summed E-state index contributed by atoms with van der Waals surface area (Å²) in [5.74, 6) is 0.238. The minimum Gasteiger partial charge on any atom is -0.354 e. The average molecular weight is 251 g/mol. The second-order valence-electron chi connectivity index (χ2n) is 4.32. The molecule has 2 amide bonds. The summed E-state index contributed by atoms with van der Waals surface area (Å²) in [5, 5.41) is 11.9. The number of carbonyl (C=O) groups excluding carboxylic acids is 2. The van der Waals surface area contributed by atoms with Gasteiger partial charge in [0.2, 0.25) is 11.7 Å². The summed E-state index contributed by atoms with van der Waals surface area (Å²) in [4.78, 5) is 27.4. The second-order valence-corrected chi connectivity index (χ2v) is 4.32. The molecule has 1 aromatic rings. The van der Waals surface area contributed by atoms with Gasteiger partial charge in [-0.1, -0.05) is 6.92 Å². The molecule has 1 unspecified atom stereocenters. The lowest BCUT2D eigenvalue weighted by Crippen LogP contribution is -2.50. The van der Waals surface area contributed by atoms with Gasteiger partial charge in [0, 0.05) is 13.0 Å². The first-order chi connectivity index (χ1) is 8.70. The molecule has 1 aromatic heterocycles. The molecule has 0 bridgehead atoms. The fourth-order valence-corrected chi connectivity index (χ4v) is 1.88. The molecule has 1 atom stereocenters. The normalized spacial score (nSPS) is 19.4. The zero-order valence-corrected chi connectivity index (χ0v) is 10.3. The molecule has 0 radical (unpaired) electrons. The van der Waals surface area contributed by atoms with E-state index in [9.17, 15) is 9.59 Å². The highest BCUT2D eigenvalue weighted by molar-refractivity contribution is 5.94. The van der Waals surface area contributed by atoms with Gasteiger partial charge in [0.25, 0.3) is 5.91 Å². The van der Waals surface area contributed by atoms with Gasteiger partial charge in [-0.25, -0.2) is 4.98 Å². The van der Waals surface area contributed by atoms with E-state index in [0.717, 1.165) is 19.3 Å². The largest absolute Gasteiger partial charge is 0.354 e. The molecule has 0 saturated carbocycles. The first kappa shape index (κ1) is 12.5. The van der Waals surface area contributed by atoms with Gasteiger partial charge in [0.15, 0.2) is 0 Å². The third-order valence-electron chi connectivity index (χ3n) is 2.81. The van der Waals surface area contributed by atoms with E-state index in [2.05, 4.69) is 25.8 Å². The molecule has 0 spiro atoms. The minimum atomic E-state index is -0.473. The molecule has 7 heteroatoms. The first-order valence-corrected chi connectivity index (χ1v) is 6.20. The zero-order chi connectivity index (χ0) is 13.0. The standard InChI is InChI=1S/C11H17N5O2/c1-2-4-8-14-9(16-15-8)11(18)13-7-5-3-6-12-10(7)17/h7H,2-6H2,1H3,(H,12,17)(H,13,18)(H,14,15,16). The van der Waals surface area contributed by atoms with Crippen LogP contribution in [0.25, 0.3) is 0 Å². The van der Waals surface area contributed by atoms with Gasteiger partial charge >= 0.3 is 0 Å². The summed E-state index contributed by atoms with van der Waals surface area (Å²) >= 11 is 0. The molecule has 3 N–H and O–H groups in total. The van der Waals surface area contributed by atoms with Crippen LogP contribution < -0.4 is 10.6 Å². The number of hydrogen-bond donors (Lipinski definition) is 3. The topological polar surface area (TPSA) is 99.8 Å². The van der Waals surface area contributed by atoms with Crippen molar-refractivity contribution in [2.75, 3.05) is 6.54 Å². The van der Waals surface area contributed by atoms with Crippen molar-refractivity contribution in [1.29, 1.82) is 0 Å². The van der Waals surface area contributed by atoms with Crippen LogP contribution in [0.2, 0.25) is 0 Å². The Morgan fingerprint density at radius 3 is 3.11 bits per heavy atom. The van der Waals surface area contributed by atoms with Gasteiger partial charge in [0.1, 0.15) is 11.9 Å². The van der Waals surface area contributed by atoms with E-state index in [0.29, 0.717) is 18.8 Å². The fraction of sp³-hybridized carbons (Fsp3) is 0.636. The van der Waals surface area contributed by atoms with E-state index < -0.39 is 11.9 Å². The fourth-order valence-electron chi connectivity index (χ4n) is 1.88. The van der Waals surface area contributed by atoms with Crippen LogP contribution in [0.3, 0.4) is 0 Å². The average Bonchev–Trinajstić information content (AvgIpc) is 2.81. The number of rotatable bonds is 4. The van der Waals surface area contributed by atoms with E-state index >= 15 is 0 Å². The van der Waals surface area contributed by atoms with Crippen LogP contribution in [0, 0.1) is 0 Å². The van der Waals surface area contributed by atoms with Crippen molar-refractivity contribution < 1.29 is 9.59 Å². The highest BCUT2D eigenvalue weighted by Gasteiger charge is 2.25. The minimum absolute atomic E-state index is 0.0943. The van der Waals surface area contributed by atoms with E-state index in [4.69, 9.17) is 0 Å². The van der Waals surface area contributed by atoms with Gasteiger partial charge in [0.05, 0.1) is 0 Å². The summed E-state index contributed by atoms with van der Waals surface area (Å²) in [6, 6.07) is -0.473. The van der Waals surface area contributed by atoms with Gasteiger partial charge in [-0.15, -0.1) is 5.10 Å². The number of amides is 2. The molecular formula is C11H17N5O2. The van der Waals surface area contributed by atoms with Crippen LogP contribution >= 0.6 is 0 Å². The molecule has 1 saturated heterocycles. The zero-order valence-electron chi connectivity index (χ0n) is 10.3. The number of aromatic amines is 1. The second kappa shape index (κ2) is 5.61. The summed E-state index contributed by atoms with van der Waals surface area (Å²) in [6.07, 6.45) is 3.21. The number of carbonyl (C=O) groups is 2. The number of nitrogens with zero attached hydrogens (tertiary/aromatic N) is 2.